The van der Waals surface area contributed by atoms with Crippen molar-refractivity contribution in [3.05, 3.63) is 53.3 Å². The molecule has 1 aromatic heterocycles. The highest BCUT2D eigenvalue weighted by Gasteiger charge is 2.26. The van der Waals surface area contributed by atoms with Gasteiger partial charge in [-0.2, -0.15) is 4.31 Å². The number of nitrogens with zero attached hydrogens (tertiary/aromatic N) is 2. The van der Waals surface area contributed by atoms with Gasteiger partial charge in [-0.3, -0.25) is 4.79 Å². The molecule has 1 saturated heterocycles. The molecule has 2 heterocycles. The van der Waals surface area contributed by atoms with Crippen LogP contribution in [0, 0.1) is 0 Å². The van der Waals surface area contributed by atoms with Gasteiger partial charge in [0.2, 0.25) is 10.0 Å². The molecule has 1 aromatic carbocycles. The van der Waals surface area contributed by atoms with Gasteiger partial charge in [-0.15, -0.1) is 0 Å². The zero-order valence-electron chi connectivity index (χ0n) is 13.2. The summed E-state index contributed by atoms with van der Waals surface area (Å²) in [5, 5.41) is 3.00. The van der Waals surface area contributed by atoms with E-state index in [1.807, 2.05) is 0 Å². The maximum Gasteiger partial charge on any atom is 0.255 e. The monoisotopic (exact) mass is 381 g/mol. The molecule has 3 rings (SSSR count). The number of amides is 1. The molecule has 25 heavy (non-hydrogen) atoms. The fourth-order valence-electron chi connectivity index (χ4n) is 2.37. The molecule has 7 nitrogen and oxygen atoms in total. The van der Waals surface area contributed by atoms with Crippen LogP contribution in [0.3, 0.4) is 0 Å². The van der Waals surface area contributed by atoms with Crippen molar-refractivity contribution in [2.75, 3.05) is 31.6 Å². The first kappa shape index (κ1) is 17.8. The third-order valence-electron chi connectivity index (χ3n) is 3.71. The van der Waals surface area contributed by atoms with Crippen molar-refractivity contribution in [1.82, 2.24) is 9.29 Å². The van der Waals surface area contributed by atoms with Crippen molar-refractivity contribution in [3.8, 4) is 0 Å². The Morgan fingerprint density at radius 2 is 1.80 bits per heavy atom. The minimum Gasteiger partial charge on any atom is -0.379 e. The van der Waals surface area contributed by atoms with Gasteiger partial charge in [0.25, 0.3) is 5.91 Å². The average Bonchev–Trinajstić information content (AvgIpc) is 2.64. The Bertz CT molecular complexity index is 848. The summed E-state index contributed by atoms with van der Waals surface area (Å²) in [4.78, 5) is 16.2. The molecule has 0 aliphatic carbocycles. The van der Waals surface area contributed by atoms with Crippen LogP contribution in [0.25, 0.3) is 0 Å². The number of sulfonamides is 1. The number of hydrogen-bond donors (Lipinski definition) is 1. The van der Waals surface area contributed by atoms with Gasteiger partial charge in [-0.25, -0.2) is 13.4 Å². The zero-order chi connectivity index (χ0) is 17.9. The van der Waals surface area contributed by atoms with E-state index in [1.165, 1.54) is 34.8 Å². The molecule has 1 amide bonds. The van der Waals surface area contributed by atoms with E-state index < -0.39 is 10.0 Å². The van der Waals surface area contributed by atoms with Gasteiger partial charge in [0.15, 0.2) is 0 Å². The Morgan fingerprint density at radius 1 is 1.12 bits per heavy atom. The minimum atomic E-state index is -3.57. The number of halogens is 1. The van der Waals surface area contributed by atoms with Crippen LogP contribution in [0.1, 0.15) is 10.4 Å². The summed E-state index contributed by atoms with van der Waals surface area (Å²) < 4.78 is 31.6. The lowest BCUT2D eigenvalue weighted by molar-refractivity contribution is 0.0730. The summed E-state index contributed by atoms with van der Waals surface area (Å²) >= 11 is 5.70. The van der Waals surface area contributed by atoms with Crippen molar-refractivity contribution < 1.29 is 17.9 Å². The average molecular weight is 382 g/mol. The molecular weight excluding hydrogens is 366 g/mol. The summed E-state index contributed by atoms with van der Waals surface area (Å²) in [5.74, 6) is -0.362. The Labute approximate surface area is 150 Å². The topological polar surface area (TPSA) is 88.6 Å². The number of aromatic nitrogens is 1. The smallest absolute Gasteiger partial charge is 0.255 e. The lowest BCUT2D eigenvalue weighted by Gasteiger charge is -2.26. The van der Waals surface area contributed by atoms with Gasteiger partial charge >= 0.3 is 0 Å². The number of morpholine rings is 1. The molecule has 0 saturated carbocycles. The van der Waals surface area contributed by atoms with Crippen LogP contribution in [0.2, 0.25) is 5.15 Å². The van der Waals surface area contributed by atoms with Crippen LogP contribution in [0.15, 0.2) is 47.5 Å². The molecule has 0 radical (unpaired) electrons. The Kier molecular flexibility index (Phi) is 5.33. The lowest BCUT2D eigenvalue weighted by Crippen LogP contribution is -2.40. The highest BCUT2D eigenvalue weighted by Crippen LogP contribution is 2.18. The van der Waals surface area contributed by atoms with E-state index in [4.69, 9.17) is 16.3 Å². The van der Waals surface area contributed by atoms with Gasteiger partial charge in [0.1, 0.15) is 5.15 Å². The van der Waals surface area contributed by atoms with Crippen molar-refractivity contribution in [2.45, 2.75) is 4.90 Å². The van der Waals surface area contributed by atoms with Crippen molar-refractivity contribution in [3.63, 3.8) is 0 Å². The predicted octanol–water partition coefficient (Wildman–Crippen LogP) is 2.01. The highest BCUT2D eigenvalue weighted by molar-refractivity contribution is 7.89. The second kappa shape index (κ2) is 7.49. The number of benzene rings is 1. The van der Waals surface area contributed by atoms with Crippen LogP contribution in [0.4, 0.5) is 5.69 Å². The molecule has 1 aliphatic heterocycles. The second-order valence-corrected chi connectivity index (χ2v) is 7.69. The fourth-order valence-corrected chi connectivity index (χ4v) is 3.89. The number of carbonyl (C=O) groups is 1. The molecule has 0 atom stereocenters. The van der Waals surface area contributed by atoms with Crippen molar-refractivity contribution in [2.24, 2.45) is 0 Å². The maximum atomic E-state index is 12.5. The molecule has 0 spiro atoms. The number of hydrogen-bond acceptors (Lipinski definition) is 5. The number of carbonyl (C=O) groups excluding carboxylic acids is 1. The summed E-state index contributed by atoms with van der Waals surface area (Å²) in [5.41, 5.74) is 0.843. The summed E-state index contributed by atoms with van der Waals surface area (Å²) in [6.45, 7) is 1.42. The highest BCUT2D eigenvalue weighted by atomic mass is 35.5. The van der Waals surface area contributed by atoms with Gasteiger partial charge in [-0.05, 0) is 36.4 Å². The normalized spacial score (nSPS) is 15.7. The maximum absolute atomic E-state index is 12.5. The number of anilines is 1. The molecule has 1 aliphatic rings. The van der Waals surface area contributed by atoms with Crippen molar-refractivity contribution in [1.29, 1.82) is 0 Å². The second-order valence-electron chi connectivity index (χ2n) is 5.36. The van der Waals surface area contributed by atoms with Crippen LogP contribution >= 0.6 is 11.6 Å². The summed E-state index contributed by atoms with van der Waals surface area (Å²) in [6, 6.07) is 9.01. The van der Waals surface area contributed by atoms with Gasteiger partial charge in [0, 0.05) is 18.7 Å². The third-order valence-corrected chi connectivity index (χ3v) is 5.85. The SMILES string of the molecule is O=C(Nc1ccc(Cl)nc1)c1ccc(S(=O)(=O)N2CCOCC2)cc1. The minimum absolute atomic E-state index is 0.152. The number of pyridine rings is 1. The molecule has 0 unspecified atom stereocenters. The number of ether oxygens (including phenoxy) is 1. The Hall–Kier alpha value is -2.00. The quantitative estimate of drug-likeness (QED) is 0.818. The summed E-state index contributed by atoms with van der Waals surface area (Å²) in [6.07, 6.45) is 1.44. The van der Waals surface area contributed by atoms with E-state index in [-0.39, 0.29) is 10.8 Å². The zero-order valence-corrected chi connectivity index (χ0v) is 14.8. The van der Waals surface area contributed by atoms with Gasteiger partial charge in [-0.1, -0.05) is 11.6 Å². The van der Waals surface area contributed by atoms with Crippen LogP contribution in [-0.4, -0.2) is 49.9 Å². The largest absolute Gasteiger partial charge is 0.379 e. The number of rotatable bonds is 4. The molecule has 1 N–H and O–H groups in total. The molecule has 2 aromatic rings. The first-order valence-corrected chi connectivity index (χ1v) is 9.39. The van der Waals surface area contributed by atoms with E-state index >= 15 is 0 Å². The van der Waals surface area contributed by atoms with E-state index in [2.05, 4.69) is 10.3 Å². The molecule has 9 heteroatoms. The fraction of sp³-hybridized carbons (Fsp3) is 0.250. The Balaban J connectivity index is 1.73. The molecule has 0 bridgehead atoms. The van der Waals surface area contributed by atoms with Gasteiger partial charge < -0.3 is 10.1 Å². The summed E-state index contributed by atoms with van der Waals surface area (Å²) in [7, 11) is -3.57. The number of nitrogens with one attached hydrogen (secondary N) is 1. The van der Waals surface area contributed by atoms with E-state index in [9.17, 15) is 13.2 Å². The third kappa shape index (κ3) is 4.16. The molecular formula is C16H16ClN3O4S. The molecule has 132 valence electrons. The Morgan fingerprint density at radius 3 is 2.40 bits per heavy atom. The molecule has 1 fully saturated rings. The lowest BCUT2D eigenvalue weighted by atomic mass is 10.2. The van der Waals surface area contributed by atoms with Crippen molar-refractivity contribution >= 4 is 33.2 Å². The van der Waals surface area contributed by atoms with Crippen LogP contribution in [0.5, 0.6) is 0 Å². The van der Waals surface area contributed by atoms with Gasteiger partial charge in [0.05, 0.1) is 30.0 Å². The van der Waals surface area contributed by atoms with E-state index in [0.29, 0.717) is 42.7 Å². The predicted molar refractivity (Wildman–Crippen MR) is 93.2 cm³/mol. The van der Waals surface area contributed by atoms with Crippen LogP contribution < -0.4 is 5.32 Å². The standard InChI is InChI=1S/C16H16ClN3O4S/c17-15-6-3-13(11-18-15)19-16(21)12-1-4-14(5-2-12)25(22,23)20-7-9-24-10-8-20/h1-6,11H,7-10H2,(H,19,21). The first-order chi connectivity index (χ1) is 12.0. The van der Waals surface area contributed by atoms with E-state index in [1.54, 1.807) is 12.1 Å². The van der Waals surface area contributed by atoms with E-state index in [0.717, 1.165) is 0 Å². The first-order valence-electron chi connectivity index (χ1n) is 7.58. The van der Waals surface area contributed by atoms with Crippen LogP contribution in [-0.2, 0) is 14.8 Å².